The monoisotopic (exact) mass is 664 g/mol. The number of aromatic nitrogens is 5. The average molecular weight is 664 g/mol. The van der Waals surface area contributed by atoms with Crippen molar-refractivity contribution in [1.29, 1.82) is 0 Å². The maximum atomic E-state index is 12.4. The molecular weight excluding hydrogens is 636 g/mol. The summed E-state index contributed by atoms with van der Waals surface area (Å²) in [5.41, 5.74) is 11.4. The van der Waals surface area contributed by atoms with E-state index in [1.165, 1.54) is 40.0 Å². The highest BCUT2D eigenvalue weighted by atomic mass is 31.3. The maximum Gasteiger partial charge on any atom is 0.481 e. The van der Waals surface area contributed by atoms with Gasteiger partial charge in [-0.3, -0.25) is 18.4 Å². The van der Waals surface area contributed by atoms with Crippen molar-refractivity contribution in [1.82, 2.24) is 19.5 Å². The van der Waals surface area contributed by atoms with Gasteiger partial charge in [0.25, 0.3) is 12.1 Å². The van der Waals surface area contributed by atoms with Crippen molar-refractivity contribution < 1.29 is 71.5 Å². The van der Waals surface area contributed by atoms with Gasteiger partial charge < -0.3 is 51.2 Å². The number of rotatable bonds is 11. The van der Waals surface area contributed by atoms with Crippen molar-refractivity contribution in [2.75, 3.05) is 18.9 Å². The van der Waals surface area contributed by atoms with Crippen LogP contribution in [0.2, 0.25) is 0 Å². The van der Waals surface area contributed by atoms with E-state index in [9.17, 15) is 44.1 Å². The molecule has 0 aliphatic carbocycles. The fraction of sp³-hybridized carbons (Fsp3) is 0.476. The van der Waals surface area contributed by atoms with Crippen LogP contribution in [0.4, 0.5) is 5.82 Å². The molecule has 3 aromatic rings. The van der Waals surface area contributed by atoms with E-state index in [2.05, 4.69) is 23.8 Å². The first-order valence-corrected chi connectivity index (χ1v) is 15.6. The molecule has 23 heteroatoms. The first kappa shape index (κ1) is 32.4. The summed E-state index contributed by atoms with van der Waals surface area (Å²) in [5, 5.41) is 41.6. The highest BCUT2D eigenvalue weighted by molar-refractivity contribution is 7.61. The van der Waals surface area contributed by atoms with Crippen LogP contribution in [0.1, 0.15) is 22.8 Å². The molecule has 0 radical (unpaired) electrons. The Morgan fingerprint density at radius 3 is 2.27 bits per heavy atom. The first-order valence-electron chi connectivity index (χ1n) is 12.6. The zero-order valence-electron chi connectivity index (χ0n) is 22.2. The highest BCUT2D eigenvalue weighted by Crippen LogP contribution is 2.60. The lowest BCUT2D eigenvalue weighted by Crippen LogP contribution is -2.46. The van der Waals surface area contributed by atoms with E-state index in [4.69, 9.17) is 25.5 Å². The van der Waals surface area contributed by atoms with Gasteiger partial charge in [-0.1, -0.05) is 0 Å². The van der Waals surface area contributed by atoms with Crippen LogP contribution >= 0.6 is 15.6 Å². The molecule has 2 aliphatic heterocycles. The summed E-state index contributed by atoms with van der Waals surface area (Å²) in [5.74, 6) is -0.714. The maximum absolute atomic E-state index is 12.4. The number of anilines is 1. The molecule has 10 atom stereocenters. The lowest BCUT2D eigenvalue weighted by atomic mass is 10.1. The molecule has 0 saturated carbocycles. The number of phosphoric ester groups is 2. The number of aliphatic hydroxyl groups excluding tert-OH is 4. The van der Waals surface area contributed by atoms with Gasteiger partial charge in [0.1, 0.15) is 47.9 Å². The molecule has 1 amide bonds. The van der Waals surface area contributed by atoms with Crippen molar-refractivity contribution in [2.45, 2.75) is 49.1 Å². The van der Waals surface area contributed by atoms with Crippen LogP contribution in [-0.2, 0) is 32.0 Å². The van der Waals surface area contributed by atoms with Crippen LogP contribution < -0.4 is 16.0 Å². The van der Waals surface area contributed by atoms with Crippen molar-refractivity contribution in [2.24, 2.45) is 5.73 Å². The Morgan fingerprint density at radius 2 is 1.61 bits per heavy atom. The van der Waals surface area contributed by atoms with Crippen LogP contribution in [0.25, 0.3) is 11.2 Å². The fourth-order valence-electron chi connectivity index (χ4n) is 4.58. The lowest BCUT2D eigenvalue weighted by molar-refractivity contribution is -0.765. The Kier molecular flexibility index (Phi) is 9.13. The van der Waals surface area contributed by atoms with Gasteiger partial charge in [-0.15, -0.1) is 0 Å². The number of ether oxygens (including phenoxy) is 2. The number of hydrogen-bond acceptors (Lipinski definition) is 16. The number of phosphoric acid groups is 2. The summed E-state index contributed by atoms with van der Waals surface area (Å²) in [6, 6.07) is 2.83. The van der Waals surface area contributed by atoms with Crippen molar-refractivity contribution in [3.63, 3.8) is 0 Å². The molecule has 240 valence electrons. The fourth-order valence-corrected chi connectivity index (χ4v) is 6.67. The van der Waals surface area contributed by atoms with Crippen LogP contribution in [0, 0.1) is 0 Å². The van der Waals surface area contributed by atoms with Crippen LogP contribution in [0.5, 0.6) is 0 Å². The molecule has 2 fully saturated rings. The Labute approximate surface area is 246 Å². The number of hydrogen-bond donors (Lipinski definition) is 8. The van der Waals surface area contributed by atoms with E-state index >= 15 is 0 Å². The molecule has 0 aromatic carbocycles. The number of fused-ring (bicyclic) bond motifs is 1. The topological polar surface area (TPSA) is 318 Å². The summed E-state index contributed by atoms with van der Waals surface area (Å²) in [6.45, 7) is -1.80. The van der Waals surface area contributed by atoms with Gasteiger partial charge in [0.15, 0.2) is 36.2 Å². The van der Waals surface area contributed by atoms with E-state index in [-0.39, 0.29) is 22.5 Å². The molecule has 3 aromatic heterocycles. The smallest absolute Gasteiger partial charge is 0.387 e. The summed E-state index contributed by atoms with van der Waals surface area (Å²) in [7, 11) is -10.7. The summed E-state index contributed by atoms with van der Waals surface area (Å²) >= 11 is 0. The van der Waals surface area contributed by atoms with E-state index < -0.39 is 83.8 Å². The molecule has 2 aliphatic rings. The molecule has 0 spiro atoms. The van der Waals surface area contributed by atoms with Gasteiger partial charge in [-0.2, -0.15) is 8.88 Å². The van der Waals surface area contributed by atoms with Gasteiger partial charge in [-0.05, 0) is 6.07 Å². The number of nitrogen functional groups attached to an aromatic ring is 1. The minimum Gasteiger partial charge on any atom is -0.387 e. The lowest BCUT2D eigenvalue weighted by Gasteiger charge is -2.20. The molecule has 2 saturated heterocycles. The Morgan fingerprint density at radius 1 is 0.977 bits per heavy atom. The van der Waals surface area contributed by atoms with Gasteiger partial charge in [0.05, 0.1) is 19.5 Å². The molecule has 5 heterocycles. The average Bonchev–Trinajstić information content (AvgIpc) is 3.61. The third-order valence-electron chi connectivity index (χ3n) is 6.75. The number of aliphatic hydroxyl groups is 4. The second-order valence-corrected chi connectivity index (χ2v) is 12.7. The van der Waals surface area contributed by atoms with E-state index in [1.54, 1.807) is 0 Å². The van der Waals surface area contributed by atoms with Gasteiger partial charge >= 0.3 is 15.6 Å². The predicted molar refractivity (Wildman–Crippen MR) is 139 cm³/mol. The molecule has 0 bridgehead atoms. The Bertz CT molecular complexity index is 1630. The molecule has 21 nitrogen and oxygen atoms in total. The Balaban J connectivity index is 1.16. The van der Waals surface area contributed by atoms with Crippen LogP contribution in [0.3, 0.4) is 0 Å². The standard InChI is InChI=1S/C21H27N7O14P2/c22-17-12-19(25-7-24-17)28(8-26-12)21-16(32)14(30)11(41-21)6-39-44(36,37)42-43(34,35)38-5-10-13(29)15(31)20(40-10)27-3-1-2-9(4-27)18(23)33/h1-4,7-8,10-11,13-16,20-21,29-32H,5-6H2,(H5-,22,23,24,25,33,34,35,36,37)/p+1/t10-,11-,13?,14+,15?,16+,20-,21?/m1/s1. The minimum absolute atomic E-state index is 0.0505. The number of carbonyl (C=O) groups is 1. The zero-order chi connectivity index (χ0) is 32.0. The number of nitrogens with zero attached hydrogens (tertiary/aromatic N) is 5. The third-order valence-corrected chi connectivity index (χ3v) is 9.35. The number of primary amides is 1. The molecule has 5 rings (SSSR count). The van der Waals surface area contributed by atoms with Gasteiger partial charge in [0, 0.05) is 6.07 Å². The zero-order valence-corrected chi connectivity index (χ0v) is 24.0. The second kappa shape index (κ2) is 12.4. The quantitative estimate of drug-likeness (QED) is 0.0747. The minimum atomic E-state index is -5.37. The molecule has 10 N–H and O–H groups in total. The number of pyridine rings is 1. The predicted octanol–water partition coefficient (Wildman–Crippen LogP) is -3.02. The second-order valence-electron chi connectivity index (χ2n) is 9.69. The Hall–Kier alpha value is -3.01. The van der Waals surface area contributed by atoms with Crippen molar-refractivity contribution in [3.8, 4) is 0 Å². The van der Waals surface area contributed by atoms with Gasteiger partial charge in [0.2, 0.25) is 0 Å². The molecular formula is C21H28N7O14P2+. The normalized spacial score (nSPS) is 31.6. The van der Waals surface area contributed by atoms with E-state index in [0.717, 1.165) is 6.33 Å². The van der Waals surface area contributed by atoms with Crippen LogP contribution in [-0.4, -0.2) is 105 Å². The SMILES string of the molecule is NC(=O)c1ccc[n+]([C@@H]2O[C@H](COP(=O)(O)OP(=O)(O)OC[C@H]3OC(n4cnc5c(N)ncnc54)[C@@H](O)[C@H]3O)C(O)C2O)c1. The highest BCUT2D eigenvalue weighted by Gasteiger charge is 2.50. The van der Waals surface area contributed by atoms with E-state index in [0.29, 0.717) is 0 Å². The van der Waals surface area contributed by atoms with E-state index in [1.807, 2.05) is 0 Å². The summed E-state index contributed by atoms with van der Waals surface area (Å²) in [4.78, 5) is 43.3. The number of nitrogens with two attached hydrogens (primary N) is 2. The van der Waals surface area contributed by atoms with Crippen molar-refractivity contribution >= 4 is 38.5 Å². The summed E-state index contributed by atoms with van der Waals surface area (Å²) < 4.78 is 52.0. The van der Waals surface area contributed by atoms with Crippen LogP contribution in [0.15, 0.2) is 37.2 Å². The number of imidazole rings is 1. The first-order chi connectivity index (χ1) is 20.7. The van der Waals surface area contributed by atoms with Crippen molar-refractivity contribution in [3.05, 3.63) is 42.7 Å². The summed E-state index contributed by atoms with van der Waals surface area (Å²) in [6.07, 6.45) is -6.85. The number of amides is 1. The largest absolute Gasteiger partial charge is 0.481 e. The molecule has 44 heavy (non-hydrogen) atoms. The molecule has 5 unspecified atom stereocenters. The third kappa shape index (κ3) is 6.65. The number of carbonyl (C=O) groups excluding carboxylic acids is 1. The van der Waals surface area contributed by atoms with Gasteiger partial charge in [-0.25, -0.2) is 24.1 Å².